The van der Waals surface area contributed by atoms with E-state index in [1.807, 2.05) is 0 Å². The zero-order valence-electron chi connectivity index (χ0n) is 10.6. The second-order valence-corrected chi connectivity index (χ2v) is 4.90. The Hall–Kier alpha value is -1.58. The first-order valence-corrected chi connectivity index (χ1v) is 6.09. The smallest absolute Gasteiger partial charge is 0.314 e. The molecule has 0 unspecified atom stereocenters. The molecule has 1 aliphatic rings. The highest BCUT2D eigenvalue weighted by Crippen LogP contribution is 2.43. The van der Waals surface area contributed by atoms with Gasteiger partial charge in [0, 0.05) is 0 Å². The molecule has 4 heteroatoms. The average Bonchev–Trinajstić information content (AvgIpc) is 2.83. The second kappa shape index (κ2) is 4.59. The van der Waals surface area contributed by atoms with Crippen molar-refractivity contribution in [2.45, 2.75) is 38.0 Å². The second-order valence-electron chi connectivity index (χ2n) is 4.90. The zero-order valence-corrected chi connectivity index (χ0v) is 10.6. The molecule has 2 rings (SSSR count). The molecule has 0 heterocycles. The summed E-state index contributed by atoms with van der Waals surface area (Å²) >= 11 is 0. The summed E-state index contributed by atoms with van der Waals surface area (Å²) in [6, 6.07) is 3.17. The van der Waals surface area contributed by atoms with Crippen LogP contribution in [0.1, 0.15) is 36.8 Å². The molecule has 1 aliphatic carbocycles. The number of ether oxygens (including phenoxy) is 1. The number of rotatable bonds is 3. The maximum Gasteiger partial charge on any atom is 0.314 e. The number of aryl methyl sites for hydroxylation is 1. The van der Waals surface area contributed by atoms with Crippen LogP contribution in [0.2, 0.25) is 0 Å². The van der Waals surface area contributed by atoms with Crippen LogP contribution < -0.4 is 4.74 Å². The number of halogens is 1. The monoisotopic (exact) mass is 252 g/mol. The van der Waals surface area contributed by atoms with E-state index >= 15 is 0 Å². The Labute approximate surface area is 106 Å². The van der Waals surface area contributed by atoms with Crippen molar-refractivity contribution < 1.29 is 19.0 Å². The lowest BCUT2D eigenvalue weighted by Gasteiger charge is -2.25. The fraction of sp³-hybridized carbons (Fsp3) is 0.500. The Balaban J connectivity index is 2.56. The van der Waals surface area contributed by atoms with Gasteiger partial charge in [0.2, 0.25) is 0 Å². The van der Waals surface area contributed by atoms with Gasteiger partial charge in [-0.2, -0.15) is 0 Å². The molecular weight excluding hydrogens is 235 g/mol. The van der Waals surface area contributed by atoms with Gasteiger partial charge in [-0.3, -0.25) is 4.79 Å². The van der Waals surface area contributed by atoms with E-state index < -0.39 is 17.2 Å². The van der Waals surface area contributed by atoms with Crippen molar-refractivity contribution >= 4 is 5.97 Å². The number of carboxylic acids is 1. The van der Waals surface area contributed by atoms with Crippen LogP contribution in [0.3, 0.4) is 0 Å². The van der Waals surface area contributed by atoms with E-state index in [0.717, 1.165) is 12.8 Å². The standard InChI is InChI=1S/C14H17FO3/c1-9-7-10(8-11(18-2)12(9)15)14(13(16)17)5-3-4-6-14/h7-8H,3-6H2,1-2H3,(H,16,17). The van der Waals surface area contributed by atoms with Crippen LogP contribution in [0.25, 0.3) is 0 Å². The van der Waals surface area contributed by atoms with E-state index in [1.54, 1.807) is 13.0 Å². The number of methoxy groups -OCH3 is 1. The summed E-state index contributed by atoms with van der Waals surface area (Å²) in [4.78, 5) is 11.6. The third-order valence-electron chi connectivity index (χ3n) is 3.86. The lowest BCUT2D eigenvalue weighted by Crippen LogP contribution is -2.32. The van der Waals surface area contributed by atoms with Gasteiger partial charge in [-0.1, -0.05) is 18.9 Å². The molecule has 0 radical (unpaired) electrons. The Morgan fingerprint density at radius 2 is 2.00 bits per heavy atom. The van der Waals surface area contributed by atoms with Crippen molar-refractivity contribution in [3.05, 3.63) is 29.1 Å². The van der Waals surface area contributed by atoms with E-state index in [2.05, 4.69) is 0 Å². The van der Waals surface area contributed by atoms with Crippen molar-refractivity contribution in [2.24, 2.45) is 0 Å². The summed E-state index contributed by atoms with van der Waals surface area (Å²) in [6.45, 7) is 1.63. The van der Waals surface area contributed by atoms with Gasteiger partial charge in [0.25, 0.3) is 0 Å². The van der Waals surface area contributed by atoms with E-state index in [9.17, 15) is 14.3 Å². The van der Waals surface area contributed by atoms with Gasteiger partial charge in [0.05, 0.1) is 12.5 Å². The first kappa shape index (κ1) is 12.9. The maximum atomic E-state index is 13.7. The fourth-order valence-electron chi connectivity index (χ4n) is 2.77. The van der Waals surface area contributed by atoms with Gasteiger partial charge >= 0.3 is 5.97 Å². The first-order chi connectivity index (χ1) is 8.51. The van der Waals surface area contributed by atoms with Gasteiger partial charge in [0.15, 0.2) is 11.6 Å². The van der Waals surface area contributed by atoms with Gasteiger partial charge in [0.1, 0.15) is 0 Å². The van der Waals surface area contributed by atoms with E-state index in [1.165, 1.54) is 13.2 Å². The molecule has 1 saturated carbocycles. The van der Waals surface area contributed by atoms with Gasteiger partial charge in [-0.25, -0.2) is 4.39 Å². The van der Waals surface area contributed by atoms with E-state index in [-0.39, 0.29) is 5.75 Å². The summed E-state index contributed by atoms with van der Waals surface area (Å²) in [7, 11) is 1.39. The highest BCUT2D eigenvalue weighted by Gasteiger charge is 2.43. The molecule has 18 heavy (non-hydrogen) atoms. The van der Waals surface area contributed by atoms with Gasteiger partial charge in [-0.05, 0) is 37.0 Å². The van der Waals surface area contributed by atoms with Crippen LogP contribution in [-0.2, 0) is 10.2 Å². The van der Waals surface area contributed by atoms with Crippen molar-refractivity contribution in [3.8, 4) is 5.75 Å². The number of hydrogen-bond donors (Lipinski definition) is 1. The molecule has 0 spiro atoms. The lowest BCUT2D eigenvalue weighted by molar-refractivity contribution is -0.143. The maximum absolute atomic E-state index is 13.7. The van der Waals surface area contributed by atoms with Crippen LogP contribution in [0, 0.1) is 12.7 Å². The largest absolute Gasteiger partial charge is 0.494 e. The van der Waals surface area contributed by atoms with Crippen molar-refractivity contribution in [2.75, 3.05) is 7.11 Å². The summed E-state index contributed by atoms with van der Waals surface area (Å²) < 4.78 is 18.7. The van der Waals surface area contributed by atoms with Crippen LogP contribution in [0.5, 0.6) is 5.75 Å². The van der Waals surface area contributed by atoms with Crippen LogP contribution >= 0.6 is 0 Å². The van der Waals surface area contributed by atoms with Gasteiger partial charge < -0.3 is 9.84 Å². The normalized spacial score (nSPS) is 17.7. The topological polar surface area (TPSA) is 46.5 Å². The van der Waals surface area contributed by atoms with Crippen LogP contribution in [0.15, 0.2) is 12.1 Å². The molecule has 98 valence electrons. The molecule has 3 nitrogen and oxygen atoms in total. The third kappa shape index (κ3) is 1.85. The number of carbonyl (C=O) groups is 1. The Bertz CT molecular complexity index is 476. The molecule has 0 saturated heterocycles. The van der Waals surface area contributed by atoms with Gasteiger partial charge in [-0.15, -0.1) is 0 Å². The third-order valence-corrected chi connectivity index (χ3v) is 3.86. The highest BCUT2D eigenvalue weighted by atomic mass is 19.1. The SMILES string of the molecule is COc1cc(C2(C(=O)O)CCCC2)cc(C)c1F. The summed E-state index contributed by atoms with van der Waals surface area (Å²) in [6.07, 6.45) is 3.00. The molecule has 1 aromatic carbocycles. The van der Waals surface area contributed by atoms with Crippen LogP contribution in [0.4, 0.5) is 4.39 Å². The number of benzene rings is 1. The minimum atomic E-state index is -0.869. The molecule has 0 aliphatic heterocycles. The molecule has 0 amide bonds. The molecule has 1 aromatic rings. The molecule has 1 N–H and O–H groups in total. The van der Waals surface area contributed by atoms with E-state index in [0.29, 0.717) is 24.0 Å². The molecule has 0 aromatic heterocycles. The summed E-state index contributed by atoms with van der Waals surface area (Å²) in [5.74, 6) is -1.12. The Morgan fingerprint density at radius 1 is 1.39 bits per heavy atom. The average molecular weight is 252 g/mol. The van der Waals surface area contributed by atoms with Crippen LogP contribution in [-0.4, -0.2) is 18.2 Å². The predicted molar refractivity (Wildman–Crippen MR) is 65.5 cm³/mol. The van der Waals surface area contributed by atoms with Crippen molar-refractivity contribution in [1.82, 2.24) is 0 Å². The number of hydrogen-bond acceptors (Lipinski definition) is 2. The molecular formula is C14H17FO3. The fourth-order valence-corrected chi connectivity index (χ4v) is 2.77. The molecule has 1 fully saturated rings. The van der Waals surface area contributed by atoms with Crippen molar-refractivity contribution in [3.63, 3.8) is 0 Å². The Morgan fingerprint density at radius 3 is 2.50 bits per heavy atom. The van der Waals surface area contributed by atoms with E-state index in [4.69, 9.17) is 4.74 Å². The minimum absolute atomic E-state index is 0.123. The minimum Gasteiger partial charge on any atom is -0.494 e. The lowest BCUT2D eigenvalue weighted by atomic mass is 9.78. The summed E-state index contributed by atoms with van der Waals surface area (Å²) in [5.41, 5.74) is 0.214. The zero-order chi connectivity index (χ0) is 13.3. The quantitative estimate of drug-likeness (QED) is 0.899. The summed E-state index contributed by atoms with van der Waals surface area (Å²) in [5, 5.41) is 9.51. The van der Waals surface area contributed by atoms with Crippen molar-refractivity contribution in [1.29, 1.82) is 0 Å². The number of carboxylic acid groups (broad SMARTS) is 1. The molecule has 0 bridgehead atoms. The Kier molecular flexibility index (Phi) is 3.28. The number of aliphatic carboxylic acids is 1. The predicted octanol–water partition coefficient (Wildman–Crippen LogP) is 3.04. The highest BCUT2D eigenvalue weighted by molar-refractivity contribution is 5.82. The molecule has 0 atom stereocenters. The first-order valence-electron chi connectivity index (χ1n) is 6.09.